The highest BCUT2D eigenvalue weighted by Gasteiger charge is 2.27. The first-order valence-corrected chi connectivity index (χ1v) is 11.1. The third-order valence-electron chi connectivity index (χ3n) is 5.44. The van der Waals surface area contributed by atoms with Crippen LogP contribution in [0.5, 0.6) is 5.75 Å². The number of piperazine rings is 1. The molecular formula is C25H27N3O5. The summed E-state index contributed by atoms with van der Waals surface area (Å²) in [6, 6.07) is 14.9. The Morgan fingerprint density at radius 1 is 0.939 bits per heavy atom. The predicted molar refractivity (Wildman–Crippen MR) is 123 cm³/mol. The van der Waals surface area contributed by atoms with Gasteiger partial charge in [0.1, 0.15) is 5.75 Å². The van der Waals surface area contributed by atoms with Gasteiger partial charge >= 0.3 is 6.09 Å². The lowest BCUT2D eigenvalue weighted by Crippen LogP contribution is -2.50. The number of carbonyl (C=O) groups excluding carboxylic acids is 2. The zero-order valence-electron chi connectivity index (χ0n) is 18.8. The van der Waals surface area contributed by atoms with Gasteiger partial charge < -0.3 is 23.7 Å². The molecule has 0 unspecified atom stereocenters. The molecule has 4 rings (SSSR count). The molecule has 1 aliphatic rings. The number of rotatable bonds is 6. The minimum atomic E-state index is -0.341. The van der Waals surface area contributed by atoms with Crippen molar-refractivity contribution in [2.45, 2.75) is 13.8 Å². The minimum Gasteiger partial charge on any atom is -0.494 e. The Balaban J connectivity index is 1.50. The molecule has 0 saturated carbocycles. The summed E-state index contributed by atoms with van der Waals surface area (Å²) in [6.07, 6.45) is 1.32. The monoisotopic (exact) mass is 449 g/mol. The van der Waals surface area contributed by atoms with Gasteiger partial charge in [-0.05, 0) is 50.2 Å². The van der Waals surface area contributed by atoms with Gasteiger partial charge in [0.25, 0.3) is 5.91 Å². The first-order chi connectivity index (χ1) is 16.1. The van der Waals surface area contributed by atoms with Gasteiger partial charge in [0.2, 0.25) is 5.89 Å². The molecule has 1 fully saturated rings. The SMILES string of the molecule is CCOC(=O)N1CCN(C(=O)c2ccccc2-c2ncc(-c3ccc(OCC)cc3)o2)CC1. The van der Waals surface area contributed by atoms with E-state index in [1.165, 1.54) is 0 Å². The molecule has 0 spiro atoms. The van der Waals surface area contributed by atoms with Gasteiger partial charge in [0.05, 0.1) is 25.0 Å². The van der Waals surface area contributed by atoms with E-state index in [9.17, 15) is 9.59 Å². The lowest BCUT2D eigenvalue weighted by atomic mass is 10.1. The van der Waals surface area contributed by atoms with E-state index in [-0.39, 0.29) is 12.0 Å². The van der Waals surface area contributed by atoms with Crippen LogP contribution in [0.2, 0.25) is 0 Å². The van der Waals surface area contributed by atoms with E-state index in [0.717, 1.165) is 11.3 Å². The maximum atomic E-state index is 13.3. The number of carbonyl (C=O) groups is 2. The molecule has 3 aromatic rings. The second-order valence-corrected chi connectivity index (χ2v) is 7.51. The zero-order valence-corrected chi connectivity index (χ0v) is 18.8. The van der Waals surface area contributed by atoms with Gasteiger partial charge in [-0.15, -0.1) is 0 Å². The Morgan fingerprint density at radius 3 is 2.33 bits per heavy atom. The van der Waals surface area contributed by atoms with Crippen LogP contribution in [0, 0.1) is 0 Å². The van der Waals surface area contributed by atoms with E-state index in [0.29, 0.717) is 62.2 Å². The molecule has 0 aliphatic carbocycles. The maximum absolute atomic E-state index is 13.3. The van der Waals surface area contributed by atoms with Gasteiger partial charge in [-0.2, -0.15) is 0 Å². The Kier molecular flexibility index (Phi) is 6.92. The molecule has 2 amide bonds. The molecule has 8 nitrogen and oxygen atoms in total. The highest BCUT2D eigenvalue weighted by atomic mass is 16.6. The first kappa shape index (κ1) is 22.4. The van der Waals surface area contributed by atoms with Crippen molar-refractivity contribution in [2.75, 3.05) is 39.4 Å². The Bertz CT molecular complexity index is 1100. The van der Waals surface area contributed by atoms with E-state index in [1.807, 2.05) is 49.4 Å². The number of aromatic nitrogens is 1. The zero-order chi connectivity index (χ0) is 23.2. The molecule has 0 atom stereocenters. The van der Waals surface area contributed by atoms with E-state index in [4.69, 9.17) is 13.9 Å². The molecule has 172 valence electrons. The average Bonchev–Trinajstić information content (AvgIpc) is 3.35. The van der Waals surface area contributed by atoms with Crippen molar-refractivity contribution in [2.24, 2.45) is 0 Å². The molecular weight excluding hydrogens is 422 g/mol. The van der Waals surface area contributed by atoms with Crippen LogP contribution < -0.4 is 4.74 Å². The van der Waals surface area contributed by atoms with Crippen LogP contribution in [0.1, 0.15) is 24.2 Å². The predicted octanol–water partition coefficient (Wildman–Crippen LogP) is 4.32. The number of hydrogen-bond acceptors (Lipinski definition) is 6. The van der Waals surface area contributed by atoms with Crippen molar-refractivity contribution < 1.29 is 23.5 Å². The standard InChI is InChI=1S/C25H27N3O5/c1-3-31-19-11-9-18(10-12-19)22-17-26-23(33-22)20-7-5-6-8-21(20)24(29)27-13-15-28(16-14-27)25(30)32-4-2/h5-12,17H,3-4,13-16H2,1-2H3. The van der Waals surface area contributed by atoms with Crippen LogP contribution in [-0.2, 0) is 4.74 Å². The molecule has 2 aromatic carbocycles. The van der Waals surface area contributed by atoms with Crippen LogP contribution in [0.15, 0.2) is 59.1 Å². The normalized spacial score (nSPS) is 13.6. The average molecular weight is 450 g/mol. The van der Waals surface area contributed by atoms with Gasteiger partial charge in [0, 0.05) is 37.3 Å². The fourth-order valence-electron chi connectivity index (χ4n) is 3.75. The van der Waals surface area contributed by atoms with Gasteiger partial charge in [-0.1, -0.05) is 12.1 Å². The fraction of sp³-hybridized carbons (Fsp3) is 0.320. The molecule has 8 heteroatoms. The van der Waals surface area contributed by atoms with Gasteiger partial charge in [0.15, 0.2) is 5.76 Å². The van der Waals surface area contributed by atoms with Crippen molar-refractivity contribution in [1.29, 1.82) is 0 Å². The van der Waals surface area contributed by atoms with E-state index < -0.39 is 0 Å². The van der Waals surface area contributed by atoms with Crippen LogP contribution in [0.4, 0.5) is 4.79 Å². The highest BCUT2D eigenvalue weighted by Crippen LogP contribution is 2.30. The number of oxazole rings is 1. The minimum absolute atomic E-state index is 0.116. The largest absolute Gasteiger partial charge is 0.494 e. The fourth-order valence-corrected chi connectivity index (χ4v) is 3.75. The van der Waals surface area contributed by atoms with Crippen LogP contribution in [-0.4, -0.2) is 66.2 Å². The van der Waals surface area contributed by atoms with E-state index in [1.54, 1.807) is 29.0 Å². The third kappa shape index (κ3) is 5.00. The molecule has 1 aromatic heterocycles. The van der Waals surface area contributed by atoms with Crippen molar-refractivity contribution in [3.05, 3.63) is 60.3 Å². The molecule has 0 N–H and O–H groups in total. The van der Waals surface area contributed by atoms with E-state index >= 15 is 0 Å². The van der Waals surface area contributed by atoms with Crippen molar-refractivity contribution in [3.63, 3.8) is 0 Å². The Labute approximate surface area is 192 Å². The molecule has 1 saturated heterocycles. The summed E-state index contributed by atoms with van der Waals surface area (Å²) in [5.74, 6) is 1.67. The Morgan fingerprint density at radius 2 is 1.64 bits per heavy atom. The summed E-state index contributed by atoms with van der Waals surface area (Å²) >= 11 is 0. The number of ether oxygens (including phenoxy) is 2. The van der Waals surface area contributed by atoms with Crippen molar-refractivity contribution in [3.8, 4) is 28.5 Å². The second-order valence-electron chi connectivity index (χ2n) is 7.51. The molecule has 0 bridgehead atoms. The Hall–Kier alpha value is -3.81. The van der Waals surface area contributed by atoms with Crippen LogP contribution >= 0.6 is 0 Å². The number of benzene rings is 2. The first-order valence-electron chi connectivity index (χ1n) is 11.1. The second kappa shape index (κ2) is 10.2. The number of nitrogens with zero attached hydrogens (tertiary/aromatic N) is 3. The summed E-state index contributed by atoms with van der Waals surface area (Å²) in [7, 11) is 0. The number of amides is 2. The number of hydrogen-bond donors (Lipinski definition) is 0. The maximum Gasteiger partial charge on any atom is 0.409 e. The summed E-state index contributed by atoms with van der Waals surface area (Å²) in [6.45, 7) is 6.41. The molecule has 1 aliphatic heterocycles. The summed E-state index contributed by atoms with van der Waals surface area (Å²) in [5, 5.41) is 0. The summed E-state index contributed by atoms with van der Waals surface area (Å²) in [5.41, 5.74) is 2.02. The lowest BCUT2D eigenvalue weighted by Gasteiger charge is -2.34. The summed E-state index contributed by atoms with van der Waals surface area (Å²) < 4.78 is 16.6. The third-order valence-corrected chi connectivity index (χ3v) is 5.44. The summed E-state index contributed by atoms with van der Waals surface area (Å²) in [4.78, 5) is 33.0. The van der Waals surface area contributed by atoms with E-state index in [2.05, 4.69) is 4.98 Å². The highest BCUT2D eigenvalue weighted by molar-refractivity contribution is 6.00. The molecule has 2 heterocycles. The van der Waals surface area contributed by atoms with Crippen molar-refractivity contribution in [1.82, 2.24) is 14.8 Å². The van der Waals surface area contributed by atoms with Crippen LogP contribution in [0.3, 0.4) is 0 Å². The van der Waals surface area contributed by atoms with Gasteiger partial charge in [-0.25, -0.2) is 9.78 Å². The van der Waals surface area contributed by atoms with Crippen LogP contribution in [0.25, 0.3) is 22.8 Å². The topological polar surface area (TPSA) is 85.1 Å². The smallest absolute Gasteiger partial charge is 0.409 e. The van der Waals surface area contributed by atoms with Gasteiger partial charge in [-0.3, -0.25) is 4.79 Å². The lowest BCUT2D eigenvalue weighted by molar-refractivity contribution is 0.0571. The molecule has 0 radical (unpaired) electrons. The quantitative estimate of drug-likeness (QED) is 0.557. The van der Waals surface area contributed by atoms with Crippen molar-refractivity contribution >= 4 is 12.0 Å². The molecule has 33 heavy (non-hydrogen) atoms.